The Balaban J connectivity index is 2.23. The minimum absolute atomic E-state index is 0.242. The van der Waals surface area contributed by atoms with Crippen molar-refractivity contribution in [1.29, 1.82) is 0 Å². The van der Waals surface area contributed by atoms with Gasteiger partial charge in [0.25, 0.3) is 10.0 Å². The van der Waals surface area contributed by atoms with E-state index in [0.29, 0.717) is 28.1 Å². The summed E-state index contributed by atoms with van der Waals surface area (Å²) in [7, 11) is -3.38. The molecular weight excluding hydrogens is 288 g/mol. The predicted molar refractivity (Wildman–Crippen MR) is 77.4 cm³/mol. The summed E-state index contributed by atoms with van der Waals surface area (Å²) in [5.74, 6) is 0.537. The molecule has 0 aromatic carbocycles. The van der Waals surface area contributed by atoms with Crippen LogP contribution >= 0.6 is 23.6 Å². The van der Waals surface area contributed by atoms with Crippen molar-refractivity contribution in [2.75, 3.05) is 13.1 Å². The molecule has 1 aromatic heterocycles. The van der Waals surface area contributed by atoms with Gasteiger partial charge in [0.2, 0.25) is 0 Å². The molecule has 100 valence electrons. The molecule has 1 aliphatic rings. The van der Waals surface area contributed by atoms with E-state index in [1.54, 1.807) is 16.4 Å². The molecule has 18 heavy (non-hydrogen) atoms. The Kier molecular flexibility index (Phi) is 4.05. The van der Waals surface area contributed by atoms with Gasteiger partial charge in [-0.2, -0.15) is 4.31 Å². The molecule has 0 saturated heterocycles. The summed E-state index contributed by atoms with van der Waals surface area (Å²) in [6.07, 6.45) is 2.27. The maximum Gasteiger partial charge on any atom is 0.252 e. The van der Waals surface area contributed by atoms with Gasteiger partial charge in [-0.15, -0.1) is 11.3 Å². The molecule has 1 aromatic rings. The summed E-state index contributed by atoms with van der Waals surface area (Å²) in [4.78, 5) is 0.887. The molecule has 1 heterocycles. The summed E-state index contributed by atoms with van der Waals surface area (Å²) in [5, 5.41) is 0. The fourth-order valence-electron chi connectivity index (χ4n) is 1.70. The monoisotopic (exact) mass is 304 g/mol. The fraction of sp³-hybridized carbons (Fsp3) is 0.545. The normalized spacial score (nSPS) is 16.1. The van der Waals surface area contributed by atoms with Crippen LogP contribution in [0.3, 0.4) is 0 Å². The molecule has 0 amide bonds. The van der Waals surface area contributed by atoms with Gasteiger partial charge in [0.15, 0.2) is 0 Å². The number of hydrogen-bond donors (Lipinski definition) is 1. The lowest BCUT2D eigenvalue weighted by atomic mass is 10.4. The lowest BCUT2D eigenvalue weighted by molar-refractivity contribution is 0.413. The Morgan fingerprint density at radius 3 is 2.67 bits per heavy atom. The molecule has 0 atom stereocenters. The molecule has 2 rings (SSSR count). The van der Waals surface area contributed by atoms with Gasteiger partial charge in [0.05, 0.1) is 4.88 Å². The molecule has 1 saturated carbocycles. The van der Waals surface area contributed by atoms with E-state index < -0.39 is 10.0 Å². The zero-order valence-corrected chi connectivity index (χ0v) is 12.6. The van der Waals surface area contributed by atoms with E-state index in [4.69, 9.17) is 18.0 Å². The summed E-state index contributed by atoms with van der Waals surface area (Å²) < 4.78 is 26.7. The average molecular weight is 304 g/mol. The van der Waals surface area contributed by atoms with E-state index in [1.807, 2.05) is 6.92 Å². The summed E-state index contributed by atoms with van der Waals surface area (Å²) in [6.45, 7) is 2.99. The van der Waals surface area contributed by atoms with Gasteiger partial charge in [-0.05, 0) is 30.9 Å². The van der Waals surface area contributed by atoms with Crippen molar-refractivity contribution in [3.63, 3.8) is 0 Å². The SMILES string of the molecule is CCN(CC1CC1)S(=O)(=O)c1ccc(C(N)=S)s1. The number of thiophene rings is 1. The number of rotatable bonds is 6. The summed E-state index contributed by atoms with van der Waals surface area (Å²) in [6, 6.07) is 3.26. The highest BCUT2D eigenvalue weighted by Crippen LogP contribution is 2.32. The lowest BCUT2D eigenvalue weighted by Gasteiger charge is -2.19. The van der Waals surface area contributed by atoms with Crippen LogP contribution in [0.4, 0.5) is 0 Å². The van der Waals surface area contributed by atoms with Gasteiger partial charge in [-0.25, -0.2) is 8.42 Å². The van der Waals surface area contributed by atoms with Gasteiger partial charge in [-0.3, -0.25) is 0 Å². The Morgan fingerprint density at radius 1 is 1.56 bits per heavy atom. The standard InChI is InChI=1S/C11H16N2O2S3/c1-2-13(7-8-3-4-8)18(14,15)10-6-5-9(17-10)11(12)16/h5-6,8H,2-4,7H2,1H3,(H2,12,16). The first-order valence-electron chi connectivity index (χ1n) is 5.85. The zero-order chi connectivity index (χ0) is 13.3. The van der Waals surface area contributed by atoms with E-state index in [1.165, 1.54) is 0 Å². The molecule has 0 spiro atoms. The van der Waals surface area contributed by atoms with E-state index in [-0.39, 0.29) is 4.99 Å². The molecule has 0 radical (unpaired) electrons. The second-order valence-electron chi connectivity index (χ2n) is 4.38. The molecule has 0 unspecified atom stereocenters. The van der Waals surface area contributed by atoms with Crippen LogP contribution in [-0.4, -0.2) is 30.8 Å². The molecule has 1 fully saturated rings. The second kappa shape index (κ2) is 5.24. The molecule has 4 nitrogen and oxygen atoms in total. The van der Waals surface area contributed by atoms with E-state index in [9.17, 15) is 8.42 Å². The van der Waals surface area contributed by atoms with Gasteiger partial charge in [-0.1, -0.05) is 19.1 Å². The minimum Gasteiger partial charge on any atom is -0.389 e. The Morgan fingerprint density at radius 2 is 2.22 bits per heavy atom. The van der Waals surface area contributed by atoms with Gasteiger partial charge < -0.3 is 5.73 Å². The Bertz CT molecular complexity index is 546. The minimum atomic E-state index is -3.38. The Labute approximate surface area is 117 Å². The van der Waals surface area contributed by atoms with E-state index in [2.05, 4.69) is 0 Å². The maximum absolute atomic E-state index is 12.4. The number of thiocarbonyl (C=S) groups is 1. The van der Waals surface area contributed by atoms with Crippen LogP contribution in [0.25, 0.3) is 0 Å². The third-order valence-electron chi connectivity index (χ3n) is 2.93. The third-order valence-corrected chi connectivity index (χ3v) is 6.81. The van der Waals surface area contributed by atoms with Crippen LogP contribution in [-0.2, 0) is 10.0 Å². The first-order valence-corrected chi connectivity index (χ1v) is 8.51. The van der Waals surface area contributed by atoms with E-state index >= 15 is 0 Å². The average Bonchev–Trinajstić information content (AvgIpc) is 2.97. The number of nitrogens with two attached hydrogens (primary N) is 1. The molecule has 1 aliphatic carbocycles. The first-order chi connectivity index (χ1) is 8.45. The molecule has 0 bridgehead atoms. The van der Waals surface area contributed by atoms with Crippen molar-refractivity contribution in [3.8, 4) is 0 Å². The topological polar surface area (TPSA) is 63.4 Å². The molecule has 2 N–H and O–H groups in total. The smallest absolute Gasteiger partial charge is 0.252 e. The second-order valence-corrected chi connectivity index (χ2v) is 8.07. The highest BCUT2D eigenvalue weighted by atomic mass is 32.2. The lowest BCUT2D eigenvalue weighted by Crippen LogP contribution is -2.32. The van der Waals surface area contributed by atoms with Crippen molar-refractivity contribution in [2.24, 2.45) is 11.7 Å². The van der Waals surface area contributed by atoms with Gasteiger partial charge in [0, 0.05) is 13.1 Å². The van der Waals surface area contributed by atoms with Crippen LogP contribution in [0.1, 0.15) is 24.6 Å². The van der Waals surface area contributed by atoms with Crippen molar-refractivity contribution in [1.82, 2.24) is 4.31 Å². The van der Waals surface area contributed by atoms with Crippen molar-refractivity contribution >= 4 is 38.6 Å². The van der Waals surface area contributed by atoms with Crippen molar-refractivity contribution in [2.45, 2.75) is 24.0 Å². The number of hydrogen-bond acceptors (Lipinski definition) is 4. The van der Waals surface area contributed by atoms with Gasteiger partial charge >= 0.3 is 0 Å². The molecular formula is C11H16N2O2S3. The highest BCUT2D eigenvalue weighted by molar-refractivity contribution is 7.91. The maximum atomic E-state index is 12.4. The van der Waals surface area contributed by atoms with Crippen molar-refractivity contribution < 1.29 is 8.42 Å². The van der Waals surface area contributed by atoms with Crippen molar-refractivity contribution in [3.05, 3.63) is 17.0 Å². The predicted octanol–water partition coefficient (Wildman–Crippen LogP) is 1.80. The van der Waals surface area contributed by atoms with Crippen LogP contribution < -0.4 is 5.73 Å². The van der Waals surface area contributed by atoms with Crippen LogP contribution in [0.2, 0.25) is 0 Å². The third kappa shape index (κ3) is 2.90. The molecule has 0 aliphatic heterocycles. The van der Waals surface area contributed by atoms with Crippen LogP contribution in [0.15, 0.2) is 16.3 Å². The summed E-state index contributed by atoms with van der Waals surface area (Å²) >= 11 is 6.00. The molecule has 7 heteroatoms. The Hall–Kier alpha value is -0.500. The van der Waals surface area contributed by atoms with Gasteiger partial charge in [0.1, 0.15) is 9.20 Å². The highest BCUT2D eigenvalue weighted by Gasteiger charge is 2.31. The van der Waals surface area contributed by atoms with E-state index in [0.717, 1.165) is 24.2 Å². The quantitative estimate of drug-likeness (QED) is 0.814. The zero-order valence-electron chi connectivity index (χ0n) is 10.1. The van der Waals surface area contributed by atoms with Crippen LogP contribution in [0, 0.1) is 5.92 Å². The number of nitrogens with zero attached hydrogens (tertiary/aromatic N) is 1. The first kappa shape index (κ1) is 13.9. The summed E-state index contributed by atoms with van der Waals surface area (Å²) in [5.41, 5.74) is 5.50. The number of sulfonamides is 1. The van der Waals surface area contributed by atoms with Crippen LogP contribution in [0.5, 0.6) is 0 Å². The largest absolute Gasteiger partial charge is 0.389 e. The fourth-order valence-corrected chi connectivity index (χ4v) is 4.73.